The van der Waals surface area contributed by atoms with Crippen molar-refractivity contribution >= 4 is 0 Å². The Hall–Kier alpha value is -2.13. The molecule has 0 bridgehead atoms. The maximum atomic E-state index is 14.5. The van der Waals surface area contributed by atoms with E-state index in [9.17, 15) is 4.39 Å². The minimum atomic E-state index is -1.20. The number of aryl methyl sites for hydroxylation is 4. The van der Waals surface area contributed by atoms with Crippen molar-refractivity contribution in [3.8, 4) is 0 Å². The summed E-state index contributed by atoms with van der Waals surface area (Å²) < 4.78 is 14.5. The molecule has 0 saturated carbocycles. The normalized spacial score (nSPS) is 15.8. The molecule has 3 rings (SSSR count). The predicted molar refractivity (Wildman–Crippen MR) is 157 cm³/mol. The van der Waals surface area contributed by atoms with E-state index in [1.807, 2.05) is 27.0 Å². The lowest BCUT2D eigenvalue weighted by Crippen LogP contribution is -2.41. The number of hydrogen-bond donors (Lipinski definition) is 1. The van der Waals surface area contributed by atoms with E-state index in [-0.39, 0.29) is 0 Å². The quantitative estimate of drug-likeness (QED) is 0.464. The van der Waals surface area contributed by atoms with Crippen LogP contribution in [0.3, 0.4) is 0 Å². The maximum absolute atomic E-state index is 14.5. The average Bonchev–Trinajstić information content (AvgIpc) is 2.87. The van der Waals surface area contributed by atoms with Crippen LogP contribution in [-0.2, 0) is 25.1 Å². The second-order valence-corrected chi connectivity index (χ2v) is 8.82. The second-order valence-electron chi connectivity index (χ2n) is 8.82. The smallest absolute Gasteiger partial charge is 0.146 e. The van der Waals surface area contributed by atoms with Gasteiger partial charge < -0.3 is 5.32 Å². The Morgan fingerprint density at radius 2 is 1.43 bits per heavy atom. The highest BCUT2D eigenvalue weighted by Crippen LogP contribution is 2.35. The minimum absolute atomic E-state index is 0.516. The molecule has 0 aromatic heterocycles. The van der Waals surface area contributed by atoms with Gasteiger partial charge in [-0.3, -0.25) is 4.90 Å². The number of benzene rings is 2. The van der Waals surface area contributed by atoms with Gasteiger partial charge in [0.1, 0.15) is 5.67 Å². The molecule has 35 heavy (non-hydrogen) atoms. The van der Waals surface area contributed by atoms with Crippen molar-refractivity contribution in [3.05, 3.63) is 82.6 Å². The van der Waals surface area contributed by atoms with Crippen LogP contribution in [-0.4, -0.2) is 25.0 Å². The molecule has 1 atom stereocenters. The molecule has 3 heteroatoms. The SMILES string of the molecule is C=CNC.CC.CCC.CCc1ccc(C)c(C)c1.CCc1ccc2c(c1)CN(CC)CC2(C)F. The van der Waals surface area contributed by atoms with Gasteiger partial charge in [0.2, 0.25) is 0 Å². The van der Waals surface area contributed by atoms with Crippen LogP contribution in [0.25, 0.3) is 0 Å². The molecule has 0 radical (unpaired) electrons. The standard InChI is InChI=1S/C14H20FN.C10H14.C3H7N.C3H8.C2H6/c1-4-11-6-7-13-12(8-11)9-16(5-2)10-14(13,3)15;1-4-10-6-5-8(2)9(3)7-10;1-3-4-2;1-3-2;1-2/h6-8H,4-5,9-10H2,1-3H3;5-7H,4H2,1-3H3;3-4H,1H2,2H3;3H2,1-2H3;1-2H3. The van der Waals surface area contributed by atoms with Crippen LogP contribution in [0.1, 0.15) is 95.2 Å². The van der Waals surface area contributed by atoms with Gasteiger partial charge in [0.05, 0.1) is 0 Å². The number of rotatable bonds is 4. The summed E-state index contributed by atoms with van der Waals surface area (Å²) in [6.07, 6.45) is 5.03. The lowest BCUT2D eigenvalue weighted by molar-refractivity contribution is 0.0875. The first-order valence-corrected chi connectivity index (χ1v) is 13.5. The van der Waals surface area contributed by atoms with Crippen molar-refractivity contribution in [2.24, 2.45) is 0 Å². The summed E-state index contributed by atoms with van der Waals surface area (Å²) in [7, 11) is 1.81. The highest BCUT2D eigenvalue weighted by Gasteiger charge is 2.34. The van der Waals surface area contributed by atoms with Crippen LogP contribution in [0, 0.1) is 13.8 Å². The molecular formula is C32H55FN2. The Kier molecular flexibility index (Phi) is 20.1. The van der Waals surface area contributed by atoms with Crippen molar-refractivity contribution in [2.75, 3.05) is 20.1 Å². The number of likely N-dealkylation sites (N-methyl/N-ethyl adjacent to an activating group) is 1. The molecular weight excluding hydrogens is 431 g/mol. The van der Waals surface area contributed by atoms with Crippen LogP contribution in [0.5, 0.6) is 0 Å². The van der Waals surface area contributed by atoms with Crippen LogP contribution in [0.2, 0.25) is 0 Å². The zero-order valence-electron chi connectivity index (χ0n) is 24.8. The monoisotopic (exact) mass is 486 g/mol. The minimum Gasteiger partial charge on any atom is -0.394 e. The molecule has 0 aliphatic carbocycles. The summed E-state index contributed by atoms with van der Waals surface area (Å²) in [5, 5.41) is 2.69. The predicted octanol–water partition coefficient (Wildman–Crippen LogP) is 8.93. The average molecular weight is 487 g/mol. The van der Waals surface area contributed by atoms with Crippen LogP contribution >= 0.6 is 0 Å². The molecule has 1 aliphatic rings. The Balaban J connectivity index is 0. The van der Waals surface area contributed by atoms with E-state index in [0.717, 1.165) is 37.1 Å². The third-order valence-electron chi connectivity index (χ3n) is 5.68. The number of halogens is 1. The zero-order valence-corrected chi connectivity index (χ0v) is 24.8. The van der Waals surface area contributed by atoms with Crippen molar-refractivity contribution in [1.29, 1.82) is 0 Å². The van der Waals surface area contributed by atoms with Crippen molar-refractivity contribution < 1.29 is 4.39 Å². The lowest BCUT2D eigenvalue weighted by Gasteiger charge is -2.36. The molecule has 0 saturated heterocycles. The number of fused-ring (bicyclic) bond motifs is 1. The Bertz CT molecular complexity index is 811. The Morgan fingerprint density at radius 1 is 0.943 bits per heavy atom. The molecule has 0 spiro atoms. The first-order valence-electron chi connectivity index (χ1n) is 13.5. The van der Waals surface area contributed by atoms with E-state index >= 15 is 0 Å². The fourth-order valence-electron chi connectivity index (χ4n) is 3.56. The van der Waals surface area contributed by atoms with E-state index in [1.165, 1.54) is 28.7 Å². The Labute approximate surface area is 218 Å². The van der Waals surface area contributed by atoms with Crippen LogP contribution < -0.4 is 5.32 Å². The number of hydrogen-bond acceptors (Lipinski definition) is 2. The third-order valence-corrected chi connectivity index (χ3v) is 5.68. The highest BCUT2D eigenvalue weighted by atomic mass is 19.1. The van der Waals surface area contributed by atoms with Gasteiger partial charge in [0.15, 0.2) is 0 Å². The molecule has 2 aromatic rings. The van der Waals surface area contributed by atoms with Crippen LogP contribution in [0.15, 0.2) is 49.2 Å². The topological polar surface area (TPSA) is 15.3 Å². The van der Waals surface area contributed by atoms with Gasteiger partial charge in [-0.2, -0.15) is 0 Å². The molecule has 200 valence electrons. The number of nitrogens with zero attached hydrogens (tertiary/aromatic N) is 1. The molecule has 2 aromatic carbocycles. The van der Waals surface area contributed by atoms with Gasteiger partial charge in [0, 0.05) is 20.1 Å². The highest BCUT2D eigenvalue weighted by molar-refractivity contribution is 5.38. The largest absolute Gasteiger partial charge is 0.394 e. The molecule has 2 nitrogen and oxygen atoms in total. The van der Waals surface area contributed by atoms with E-state index in [2.05, 4.69) is 95.6 Å². The molecule has 1 heterocycles. The first-order chi connectivity index (χ1) is 16.6. The van der Waals surface area contributed by atoms with Gasteiger partial charge >= 0.3 is 0 Å². The molecule has 0 fully saturated rings. The summed E-state index contributed by atoms with van der Waals surface area (Å²) >= 11 is 0. The van der Waals surface area contributed by atoms with E-state index in [1.54, 1.807) is 13.1 Å². The molecule has 1 aliphatic heterocycles. The van der Waals surface area contributed by atoms with Crippen LogP contribution in [0.4, 0.5) is 4.39 Å². The number of nitrogens with one attached hydrogen (secondary N) is 1. The summed E-state index contributed by atoms with van der Waals surface area (Å²) in [5.41, 5.74) is 6.37. The molecule has 1 N–H and O–H groups in total. The molecule has 1 unspecified atom stereocenters. The third kappa shape index (κ3) is 13.5. The maximum Gasteiger partial charge on any atom is 0.146 e. The van der Waals surface area contributed by atoms with E-state index in [0.29, 0.717) is 6.54 Å². The fourth-order valence-corrected chi connectivity index (χ4v) is 3.56. The Morgan fingerprint density at radius 3 is 1.86 bits per heavy atom. The summed E-state index contributed by atoms with van der Waals surface area (Å²) in [6.45, 7) is 26.3. The summed E-state index contributed by atoms with van der Waals surface area (Å²) in [6, 6.07) is 12.8. The van der Waals surface area contributed by atoms with Crippen molar-refractivity contribution in [2.45, 2.75) is 101 Å². The van der Waals surface area contributed by atoms with Gasteiger partial charge in [-0.05, 0) is 79.7 Å². The van der Waals surface area contributed by atoms with Crippen molar-refractivity contribution in [3.63, 3.8) is 0 Å². The summed E-state index contributed by atoms with van der Waals surface area (Å²) in [5.74, 6) is 0. The number of alkyl halides is 1. The van der Waals surface area contributed by atoms with Gasteiger partial charge in [-0.1, -0.05) is 97.9 Å². The van der Waals surface area contributed by atoms with Crippen molar-refractivity contribution in [1.82, 2.24) is 10.2 Å². The van der Waals surface area contributed by atoms with Gasteiger partial charge in [-0.15, -0.1) is 0 Å². The molecule has 0 amide bonds. The van der Waals surface area contributed by atoms with Gasteiger partial charge in [0.25, 0.3) is 0 Å². The van der Waals surface area contributed by atoms with E-state index < -0.39 is 5.67 Å². The van der Waals surface area contributed by atoms with Gasteiger partial charge in [-0.25, -0.2) is 4.39 Å². The fraction of sp³-hybridized carbons (Fsp3) is 0.562. The lowest BCUT2D eigenvalue weighted by atomic mass is 9.87. The van der Waals surface area contributed by atoms with E-state index in [4.69, 9.17) is 0 Å². The second kappa shape index (κ2) is 20.1. The zero-order chi connectivity index (χ0) is 27.4. The summed E-state index contributed by atoms with van der Waals surface area (Å²) in [4.78, 5) is 2.17. The first kappa shape index (κ1) is 35.0.